The van der Waals surface area contributed by atoms with Crippen LogP contribution in [0.4, 0.5) is 13.2 Å². The molecule has 0 saturated heterocycles. The molecule has 0 aromatic carbocycles. The normalized spacial score (nSPS) is 13.7. The molecule has 2 atom stereocenters. The lowest BCUT2D eigenvalue weighted by molar-refractivity contribution is -0.192. The maximum Gasteiger partial charge on any atom is 0.490 e. The second-order valence-electron chi connectivity index (χ2n) is 4.62. The minimum Gasteiger partial charge on any atom is -0.480 e. The zero-order valence-electron chi connectivity index (χ0n) is 11.8. The molecule has 0 aliphatic heterocycles. The molecule has 21 heavy (non-hydrogen) atoms. The van der Waals surface area contributed by atoms with E-state index >= 15 is 0 Å². The van der Waals surface area contributed by atoms with Crippen LogP contribution in [-0.2, 0) is 14.4 Å². The number of halogens is 3. The Morgan fingerprint density at radius 2 is 1.52 bits per heavy atom. The highest BCUT2D eigenvalue weighted by Gasteiger charge is 2.38. The van der Waals surface area contributed by atoms with Gasteiger partial charge in [0, 0.05) is 0 Å². The largest absolute Gasteiger partial charge is 0.490 e. The van der Waals surface area contributed by atoms with E-state index in [1.807, 2.05) is 13.8 Å². The molecule has 0 aromatic rings. The molecule has 0 bridgehead atoms. The first-order valence-corrected chi connectivity index (χ1v) is 5.87. The van der Waals surface area contributed by atoms with Gasteiger partial charge in [0.15, 0.2) is 0 Å². The first kappa shape index (κ1) is 21.5. The van der Waals surface area contributed by atoms with Gasteiger partial charge >= 0.3 is 18.1 Å². The van der Waals surface area contributed by atoms with E-state index in [0.29, 0.717) is 6.42 Å². The van der Waals surface area contributed by atoms with E-state index in [0.717, 1.165) is 0 Å². The Morgan fingerprint density at radius 3 is 1.71 bits per heavy atom. The lowest BCUT2D eigenvalue weighted by atomic mass is 10.0. The monoisotopic (exact) mass is 316 g/mol. The summed E-state index contributed by atoms with van der Waals surface area (Å²) in [6.07, 6.45) is -4.67. The lowest BCUT2D eigenvalue weighted by Crippen LogP contribution is -2.47. The number of aliphatic carboxylic acids is 2. The minimum absolute atomic E-state index is 0.212. The molecule has 124 valence electrons. The van der Waals surface area contributed by atoms with E-state index in [9.17, 15) is 22.8 Å². The van der Waals surface area contributed by atoms with Crippen LogP contribution >= 0.6 is 0 Å². The van der Waals surface area contributed by atoms with Crippen LogP contribution in [0.15, 0.2) is 0 Å². The number of carboxylic acid groups (broad SMARTS) is 2. The standard InChI is InChI=1S/C9H18N2O3.C2HF3O2/c1-5(2)4-7(9(13)14)11-8(12)6(3)10;3-2(4,5)1(6)7/h5-7H,4,10H2,1-3H3,(H,11,12)(H,13,14);(H,6,7). The van der Waals surface area contributed by atoms with Gasteiger partial charge in [-0.05, 0) is 19.3 Å². The van der Waals surface area contributed by atoms with Crippen molar-refractivity contribution in [3.63, 3.8) is 0 Å². The molecular weight excluding hydrogens is 297 g/mol. The van der Waals surface area contributed by atoms with Gasteiger partial charge in [-0.1, -0.05) is 13.8 Å². The van der Waals surface area contributed by atoms with Crippen LogP contribution in [0, 0.1) is 5.92 Å². The van der Waals surface area contributed by atoms with E-state index < -0.39 is 36.1 Å². The Hall–Kier alpha value is -1.84. The summed E-state index contributed by atoms with van der Waals surface area (Å²) >= 11 is 0. The highest BCUT2D eigenvalue weighted by atomic mass is 19.4. The number of hydrogen-bond donors (Lipinski definition) is 4. The quantitative estimate of drug-likeness (QED) is 0.587. The van der Waals surface area contributed by atoms with Crippen molar-refractivity contribution in [2.75, 3.05) is 0 Å². The van der Waals surface area contributed by atoms with Crippen molar-refractivity contribution < 1.29 is 37.8 Å². The summed E-state index contributed by atoms with van der Waals surface area (Å²) in [4.78, 5) is 30.8. The molecule has 0 rings (SSSR count). The third-order valence-electron chi connectivity index (χ3n) is 1.98. The fraction of sp³-hybridized carbons (Fsp3) is 0.727. The van der Waals surface area contributed by atoms with Crippen LogP contribution in [0.5, 0.6) is 0 Å². The molecule has 0 fully saturated rings. The number of carbonyl (C=O) groups is 3. The number of carbonyl (C=O) groups excluding carboxylic acids is 1. The van der Waals surface area contributed by atoms with E-state index in [1.54, 1.807) is 0 Å². The summed E-state index contributed by atoms with van der Waals surface area (Å²) in [5, 5.41) is 18.3. The Labute approximate surface area is 119 Å². The minimum atomic E-state index is -5.08. The molecule has 0 aliphatic carbocycles. The molecule has 1 amide bonds. The van der Waals surface area contributed by atoms with Gasteiger partial charge in [0.25, 0.3) is 0 Å². The third kappa shape index (κ3) is 11.7. The van der Waals surface area contributed by atoms with Crippen molar-refractivity contribution in [3.8, 4) is 0 Å². The average Bonchev–Trinajstić information content (AvgIpc) is 2.26. The van der Waals surface area contributed by atoms with Gasteiger partial charge in [-0.15, -0.1) is 0 Å². The van der Waals surface area contributed by atoms with Crippen LogP contribution in [0.3, 0.4) is 0 Å². The molecule has 2 unspecified atom stereocenters. The second-order valence-corrected chi connectivity index (χ2v) is 4.62. The maximum atomic E-state index is 11.1. The SMILES string of the molecule is CC(C)CC(NC(=O)C(C)N)C(=O)O.O=C(O)C(F)(F)F. The lowest BCUT2D eigenvalue weighted by Gasteiger charge is -2.17. The van der Waals surface area contributed by atoms with E-state index in [4.69, 9.17) is 20.7 Å². The molecule has 5 N–H and O–H groups in total. The van der Waals surface area contributed by atoms with Crippen molar-refractivity contribution >= 4 is 17.8 Å². The Bertz CT molecular complexity index is 369. The summed E-state index contributed by atoms with van der Waals surface area (Å²) in [5.41, 5.74) is 5.31. The predicted molar refractivity (Wildman–Crippen MR) is 66.4 cm³/mol. The van der Waals surface area contributed by atoms with Gasteiger partial charge in [0.1, 0.15) is 6.04 Å². The number of alkyl halides is 3. The Morgan fingerprint density at radius 1 is 1.14 bits per heavy atom. The summed E-state index contributed by atoms with van der Waals surface area (Å²) in [7, 11) is 0. The number of hydrogen-bond acceptors (Lipinski definition) is 4. The number of nitrogens with one attached hydrogen (secondary N) is 1. The summed E-state index contributed by atoms with van der Waals surface area (Å²) in [5.74, 6) is -4.00. The molecule has 7 nitrogen and oxygen atoms in total. The fourth-order valence-electron chi connectivity index (χ4n) is 0.996. The van der Waals surface area contributed by atoms with E-state index in [2.05, 4.69) is 5.32 Å². The first-order valence-electron chi connectivity index (χ1n) is 5.87. The summed E-state index contributed by atoms with van der Waals surface area (Å²) in [6.45, 7) is 5.31. The average molecular weight is 316 g/mol. The topological polar surface area (TPSA) is 130 Å². The van der Waals surface area contributed by atoms with Crippen LogP contribution in [0.25, 0.3) is 0 Å². The number of nitrogens with two attached hydrogens (primary N) is 1. The third-order valence-corrected chi connectivity index (χ3v) is 1.98. The zero-order valence-corrected chi connectivity index (χ0v) is 11.8. The molecule has 0 radical (unpaired) electrons. The van der Waals surface area contributed by atoms with Crippen molar-refractivity contribution in [1.82, 2.24) is 5.32 Å². The van der Waals surface area contributed by atoms with Crippen molar-refractivity contribution in [3.05, 3.63) is 0 Å². The van der Waals surface area contributed by atoms with Gasteiger partial charge in [0.05, 0.1) is 6.04 Å². The molecule has 10 heteroatoms. The number of amides is 1. The Kier molecular flexibility index (Phi) is 9.36. The van der Waals surface area contributed by atoms with E-state index in [-0.39, 0.29) is 5.92 Å². The van der Waals surface area contributed by atoms with Crippen LogP contribution in [0.2, 0.25) is 0 Å². The Balaban J connectivity index is 0. The highest BCUT2D eigenvalue weighted by Crippen LogP contribution is 2.13. The molecule has 0 aromatic heterocycles. The van der Waals surface area contributed by atoms with Gasteiger partial charge < -0.3 is 21.3 Å². The predicted octanol–water partition coefficient (Wildman–Crippen LogP) is 0.582. The van der Waals surface area contributed by atoms with Crippen molar-refractivity contribution in [2.24, 2.45) is 11.7 Å². The number of rotatable bonds is 5. The van der Waals surface area contributed by atoms with Crippen molar-refractivity contribution in [2.45, 2.75) is 45.5 Å². The van der Waals surface area contributed by atoms with Gasteiger partial charge in [0.2, 0.25) is 5.91 Å². The molecule has 0 spiro atoms. The zero-order chi connectivity index (χ0) is 17.4. The highest BCUT2D eigenvalue weighted by molar-refractivity contribution is 5.86. The number of carboxylic acids is 2. The summed E-state index contributed by atoms with van der Waals surface area (Å²) in [6, 6.07) is -1.52. The van der Waals surface area contributed by atoms with Crippen LogP contribution in [-0.4, -0.2) is 46.3 Å². The maximum absolute atomic E-state index is 11.1. The van der Waals surface area contributed by atoms with Crippen LogP contribution < -0.4 is 11.1 Å². The van der Waals surface area contributed by atoms with Gasteiger partial charge in [-0.25, -0.2) is 9.59 Å². The van der Waals surface area contributed by atoms with Gasteiger partial charge in [-0.2, -0.15) is 13.2 Å². The molecule has 0 heterocycles. The first-order chi connectivity index (χ1) is 9.28. The molecule has 0 saturated carbocycles. The summed E-state index contributed by atoms with van der Waals surface area (Å²) < 4.78 is 31.7. The van der Waals surface area contributed by atoms with Gasteiger partial charge in [-0.3, -0.25) is 4.79 Å². The van der Waals surface area contributed by atoms with Crippen molar-refractivity contribution in [1.29, 1.82) is 0 Å². The van der Waals surface area contributed by atoms with Crippen LogP contribution in [0.1, 0.15) is 27.2 Å². The molecule has 0 aliphatic rings. The fourth-order valence-corrected chi connectivity index (χ4v) is 0.996. The molecular formula is C11H19F3N2O5. The van der Waals surface area contributed by atoms with E-state index in [1.165, 1.54) is 6.92 Å². The smallest absolute Gasteiger partial charge is 0.480 e. The second kappa shape index (κ2) is 9.16.